The van der Waals surface area contributed by atoms with Crippen LogP contribution in [-0.2, 0) is 11.2 Å². The number of ether oxygens (including phenoxy) is 1. The molecule has 1 aliphatic carbocycles. The minimum atomic E-state index is -1.03. The van der Waals surface area contributed by atoms with Gasteiger partial charge in [0.25, 0.3) is 0 Å². The molecule has 0 saturated heterocycles. The highest BCUT2D eigenvalue weighted by atomic mass is 35.5. The number of carbonyl (C=O) groups excluding carboxylic acids is 1. The summed E-state index contributed by atoms with van der Waals surface area (Å²) < 4.78 is 34.0. The molecule has 0 spiro atoms. The second kappa shape index (κ2) is 7.92. The van der Waals surface area contributed by atoms with Gasteiger partial charge < -0.3 is 15.2 Å². The zero-order valence-corrected chi connectivity index (χ0v) is 16.6. The molecular formula is C22H22ClF2NO3. The minimum Gasteiger partial charge on any atom is -0.490 e. The van der Waals surface area contributed by atoms with E-state index in [-0.39, 0.29) is 36.4 Å². The Kier molecular flexibility index (Phi) is 5.49. The third kappa shape index (κ3) is 4.23. The first-order chi connectivity index (χ1) is 13.8. The summed E-state index contributed by atoms with van der Waals surface area (Å²) in [5, 5.41) is 13.8. The molecule has 7 heteroatoms. The Morgan fingerprint density at radius 1 is 1.14 bits per heavy atom. The summed E-state index contributed by atoms with van der Waals surface area (Å²) in [5.74, 6) is -0.532. The molecule has 4 nitrogen and oxygen atoms in total. The van der Waals surface area contributed by atoms with Gasteiger partial charge >= 0.3 is 0 Å². The third-order valence-corrected chi connectivity index (χ3v) is 6.14. The van der Waals surface area contributed by atoms with Gasteiger partial charge in [-0.05, 0) is 67.9 Å². The second-order valence-electron chi connectivity index (χ2n) is 7.90. The molecule has 1 saturated carbocycles. The predicted octanol–water partition coefficient (Wildman–Crippen LogP) is 4.97. The first-order valence-corrected chi connectivity index (χ1v) is 10.1. The van der Waals surface area contributed by atoms with Crippen LogP contribution in [0.1, 0.15) is 49.1 Å². The fraction of sp³-hybridized carbons (Fsp3) is 0.409. The van der Waals surface area contributed by atoms with Crippen molar-refractivity contribution in [2.45, 2.75) is 50.0 Å². The third-order valence-electron chi connectivity index (χ3n) is 5.90. The lowest BCUT2D eigenvalue weighted by atomic mass is 9.76. The van der Waals surface area contributed by atoms with E-state index >= 15 is 0 Å². The Morgan fingerprint density at radius 2 is 1.90 bits per heavy atom. The zero-order chi connectivity index (χ0) is 20.6. The van der Waals surface area contributed by atoms with E-state index in [4.69, 9.17) is 16.3 Å². The molecule has 2 aromatic rings. The Labute approximate surface area is 172 Å². The molecule has 0 atom stereocenters. The summed E-state index contributed by atoms with van der Waals surface area (Å²) in [6.07, 6.45) is 2.88. The van der Waals surface area contributed by atoms with Crippen LogP contribution < -0.4 is 10.1 Å². The lowest BCUT2D eigenvalue weighted by molar-refractivity contribution is -0.116. The quantitative estimate of drug-likeness (QED) is 0.732. The SMILES string of the molecule is O=C1CCc2c(OC[C@]3(O)CC[C@H](c4ccc(Cl)cc4F)CC3)ccc(F)c2N1. The van der Waals surface area contributed by atoms with Gasteiger partial charge in [0.05, 0.1) is 11.3 Å². The van der Waals surface area contributed by atoms with Crippen LogP contribution >= 0.6 is 11.6 Å². The van der Waals surface area contributed by atoms with Crippen molar-refractivity contribution >= 4 is 23.2 Å². The van der Waals surface area contributed by atoms with E-state index < -0.39 is 11.4 Å². The first kappa shape index (κ1) is 20.1. The minimum absolute atomic E-state index is 0.0290. The monoisotopic (exact) mass is 421 g/mol. The molecule has 0 aromatic heterocycles. The van der Waals surface area contributed by atoms with E-state index in [0.717, 1.165) is 0 Å². The van der Waals surface area contributed by atoms with Gasteiger partial charge in [0, 0.05) is 17.0 Å². The van der Waals surface area contributed by atoms with Crippen LogP contribution in [0.5, 0.6) is 5.75 Å². The molecule has 2 N–H and O–H groups in total. The van der Waals surface area contributed by atoms with Crippen molar-refractivity contribution in [3.05, 3.63) is 58.1 Å². The Morgan fingerprint density at radius 3 is 2.62 bits per heavy atom. The molecule has 1 aliphatic heterocycles. The van der Waals surface area contributed by atoms with Gasteiger partial charge in [-0.2, -0.15) is 0 Å². The molecule has 0 unspecified atom stereocenters. The van der Waals surface area contributed by atoms with Crippen LogP contribution in [0.25, 0.3) is 0 Å². The van der Waals surface area contributed by atoms with Crippen LogP contribution in [0.2, 0.25) is 5.02 Å². The van der Waals surface area contributed by atoms with Crippen molar-refractivity contribution in [1.82, 2.24) is 0 Å². The van der Waals surface area contributed by atoms with Gasteiger partial charge in [-0.25, -0.2) is 8.78 Å². The van der Waals surface area contributed by atoms with Crippen LogP contribution in [0.15, 0.2) is 30.3 Å². The number of amides is 1. The number of benzene rings is 2. The highest BCUT2D eigenvalue weighted by Gasteiger charge is 2.35. The predicted molar refractivity (Wildman–Crippen MR) is 106 cm³/mol. The maximum atomic E-state index is 14.2. The highest BCUT2D eigenvalue weighted by Crippen LogP contribution is 2.40. The zero-order valence-electron chi connectivity index (χ0n) is 15.8. The van der Waals surface area contributed by atoms with E-state index in [2.05, 4.69) is 5.32 Å². The second-order valence-corrected chi connectivity index (χ2v) is 8.34. The van der Waals surface area contributed by atoms with Crippen molar-refractivity contribution in [2.75, 3.05) is 11.9 Å². The molecule has 1 heterocycles. The molecular weight excluding hydrogens is 400 g/mol. The van der Waals surface area contributed by atoms with Crippen LogP contribution in [0, 0.1) is 11.6 Å². The van der Waals surface area contributed by atoms with Gasteiger partial charge in [0.2, 0.25) is 5.91 Å². The number of hydrogen-bond donors (Lipinski definition) is 2. The molecule has 0 bridgehead atoms. The first-order valence-electron chi connectivity index (χ1n) is 9.76. The molecule has 2 aliphatic rings. The van der Waals surface area contributed by atoms with Crippen molar-refractivity contribution in [3.63, 3.8) is 0 Å². The van der Waals surface area contributed by atoms with E-state index in [1.54, 1.807) is 12.1 Å². The summed E-state index contributed by atoms with van der Waals surface area (Å²) in [5.41, 5.74) is 0.372. The fourth-order valence-corrected chi connectivity index (χ4v) is 4.37. The number of carbonyl (C=O) groups is 1. The van der Waals surface area contributed by atoms with Gasteiger partial charge in [-0.15, -0.1) is 0 Å². The average molecular weight is 422 g/mol. The van der Waals surface area contributed by atoms with E-state index in [1.807, 2.05) is 0 Å². The number of fused-ring (bicyclic) bond motifs is 1. The summed E-state index contributed by atoms with van der Waals surface area (Å²) in [4.78, 5) is 11.5. The van der Waals surface area contributed by atoms with Gasteiger partial charge in [0.15, 0.2) is 0 Å². The topological polar surface area (TPSA) is 58.6 Å². The van der Waals surface area contributed by atoms with Gasteiger partial charge in [-0.1, -0.05) is 17.7 Å². The van der Waals surface area contributed by atoms with Crippen molar-refractivity contribution in [2.24, 2.45) is 0 Å². The number of anilines is 1. The average Bonchev–Trinajstić information content (AvgIpc) is 2.69. The van der Waals surface area contributed by atoms with Gasteiger partial charge in [-0.3, -0.25) is 4.79 Å². The molecule has 154 valence electrons. The van der Waals surface area contributed by atoms with Crippen LogP contribution in [0.4, 0.5) is 14.5 Å². The molecule has 4 rings (SSSR count). The Balaban J connectivity index is 1.41. The maximum Gasteiger partial charge on any atom is 0.224 e. The number of halogens is 3. The fourth-order valence-electron chi connectivity index (χ4n) is 4.21. The van der Waals surface area contributed by atoms with Crippen LogP contribution in [0.3, 0.4) is 0 Å². The Hall–Kier alpha value is -2.18. The number of aliphatic hydroxyl groups is 1. The van der Waals surface area contributed by atoms with Crippen molar-refractivity contribution in [1.29, 1.82) is 0 Å². The lowest BCUT2D eigenvalue weighted by Crippen LogP contribution is -2.39. The van der Waals surface area contributed by atoms with E-state index in [1.165, 1.54) is 18.2 Å². The van der Waals surface area contributed by atoms with E-state index in [9.17, 15) is 18.7 Å². The van der Waals surface area contributed by atoms with Crippen LogP contribution in [-0.4, -0.2) is 23.2 Å². The van der Waals surface area contributed by atoms with Gasteiger partial charge in [0.1, 0.15) is 24.0 Å². The lowest BCUT2D eigenvalue weighted by Gasteiger charge is -2.36. The normalized spacial score (nSPS) is 24.0. The number of rotatable bonds is 4. The largest absolute Gasteiger partial charge is 0.490 e. The summed E-state index contributed by atoms with van der Waals surface area (Å²) >= 11 is 5.83. The molecule has 1 fully saturated rings. The summed E-state index contributed by atoms with van der Waals surface area (Å²) in [6, 6.07) is 7.49. The summed E-state index contributed by atoms with van der Waals surface area (Å²) in [6.45, 7) is 0.0643. The highest BCUT2D eigenvalue weighted by molar-refractivity contribution is 6.30. The van der Waals surface area contributed by atoms with Crippen molar-refractivity contribution < 1.29 is 23.4 Å². The van der Waals surface area contributed by atoms with Crippen molar-refractivity contribution in [3.8, 4) is 5.75 Å². The molecule has 2 aromatic carbocycles. The number of hydrogen-bond acceptors (Lipinski definition) is 3. The summed E-state index contributed by atoms with van der Waals surface area (Å²) in [7, 11) is 0. The molecule has 0 radical (unpaired) electrons. The van der Waals surface area contributed by atoms with E-state index in [0.29, 0.717) is 54.0 Å². The Bertz CT molecular complexity index is 942. The molecule has 29 heavy (non-hydrogen) atoms. The standard InChI is InChI=1S/C22H22ClF2NO3/c23-14-1-2-15(18(25)11-14)13-7-9-22(28,10-8-13)12-29-19-5-4-17(24)21-16(19)3-6-20(27)26-21/h1-2,4-5,11,13,28H,3,6-10,12H2,(H,26,27)/t13-,22-. The number of nitrogens with one attached hydrogen (secondary N) is 1. The maximum absolute atomic E-state index is 14.2. The smallest absolute Gasteiger partial charge is 0.224 e. The molecule has 1 amide bonds.